The molecule has 0 saturated heterocycles. The van der Waals surface area contributed by atoms with E-state index in [1.165, 1.54) is 0 Å². The van der Waals surface area contributed by atoms with Gasteiger partial charge in [0.15, 0.2) is 0 Å². The zero-order valence-corrected chi connectivity index (χ0v) is 4.56. The molecule has 0 heterocycles. The first-order chi connectivity index (χ1) is 3.12. The Kier molecular flexibility index (Phi) is 1.79. The number of nitrogens with zero attached hydrogens (tertiary/aromatic N) is 1. The zero-order valence-electron chi connectivity index (χ0n) is 4.56. The molecule has 0 aromatic rings. The van der Waals surface area contributed by atoms with Gasteiger partial charge in [0.25, 0.3) is 0 Å². The predicted molar refractivity (Wildman–Crippen MR) is 24.3 cm³/mol. The summed E-state index contributed by atoms with van der Waals surface area (Å²) in [5, 5.41) is 18.1. The van der Waals surface area contributed by atoms with Gasteiger partial charge in [-0.2, -0.15) is 5.26 Å². The second-order valence-corrected chi connectivity index (χ2v) is 2.14. The van der Waals surface area contributed by atoms with Crippen LogP contribution in [0.3, 0.4) is 0 Å². The van der Waals surface area contributed by atoms with E-state index in [1.54, 1.807) is 13.8 Å². The average molecular weight is 98.1 g/mol. The van der Waals surface area contributed by atoms with Crippen LogP contribution < -0.4 is 5.11 Å². The zero-order chi connectivity index (χ0) is 5.91. The average Bonchev–Trinajstić information content (AvgIpc) is 1.68. The quantitative estimate of drug-likeness (QED) is 0.459. The van der Waals surface area contributed by atoms with Crippen molar-refractivity contribution in [3.05, 3.63) is 0 Å². The van der Waals surface area contributed by atoms with Gasteiger partial charge < -0.3 is 5.11 Å². The van der Waals surface area contributed by atoms with Gasteiger partial charge >= 0.3 is 0 Å². The normalized spacial score (nSPS) is 10.6. The van der Waals surface area contributed by atoms with Crippen LogP contribution in [0.1, 0.15) is 13.8 Å². The van der Waals surface area contributed by atoms with Crippen molar-refractivity contribution in [1.29, 1.82) is 5.26 Å². The lowest BCUT2D eigenvalue weighted by Gasteiger charge is -2.17. The second kappa shape index (κ2) is 1.94. The molecule has 0 bridgehead atoms. The molecular formula is C5H8NO-. The molecule has 0 aromatic heterocycles. The van der Waals surface area contributed by atoms with Gasteiger partial charge in [-0.25, -0.2) is 0 Å². The SMILES string of the molecule is CC(C)(C#N)C[O-]. The molecule has 7 heavy (non-hydrogen) atoms. The van der Waals surface area contributed by atoms with Crippen molar-refractivity contribution in [3.8, 4) is 6.07 Å². The first-order valence-corrected chi connectivity index (χ1v) is 2.12. The molecule has 0 saturated carbocycles. The molecule has 0 unspecified atom stereocenters. The highest BCUT2D eigenvalue weighted by molar-refractivity contribution is 4.90. The third kappa shape index (κ3) is 2.18. The highest BCUT2D eigenvalue weighted by atomic mass is 16.3. The molecule has 0 aliphatic carbocycles. The molecule has 0 amide bonds. The van der Waals surface area contributed by atoms with Crippen molar-refractivity contribution in [2.24, 2.45) is 5.41 Å². The van der Waals surface area contributed by atoms with Crippen molar-refractivity contribution in [3.63, 3.8) is 0 Å². The molecule has 0 rings (SSSR count). The molecule has 0 N–H and O–H groups in total. The Balaban J connectivity index is 3.66. The van der Waals surface area contributed by atoms with Crippen LogP contribution >= 0.6 is 0 Å². The molecule has 0 radical (unpaired) electrons. The highest BCUT2D eigenvalue weighted by Crippen LogP contribution is 2.07. The number of hydrogen-bond acceptors (Lipinski definition) is 2. The third-order valence-corrected chi connectivity index (χ3v) is 0.664. The van der Waals surface area contributed by atoms with Gasteiger partial charge in [0.1, 0.15) is 0 Å². The van der Waals surface area contributed by atoms with E-state index in [2.05, 4.69) is 0 Å². The van der Waals surface area contributed by atoms with Crippen LogP contribution in [0.2, 0.25) is 0 Å². The fourth-order valence-electron chi connectivity index (χ4n) is 0.0323. The van der Waals surface area contributed by atoms with Gasteiger partial charge in [0.2, 0.25) is 0 Å². The van der Waals surface area contributed by atoms with Crippen LogP contribution in [-0.2, 0) is 0 Å². The van der Waals surface area contributed by atoms with Crippen molar-refractivity contribution in [2.75, 3.05) is 6.61 Å². The van der Waals surface area contributed by atoms with Crippen molar-refractivity contribution in [2.45, 2.75) is 13.8 Å². The standard InChI is InChI=1S/C5H8NO/c1-5(2,3-6)4-7/h4H2,1-2H3/q-1. The summed E-state index contributed by atoms with van der Waals surface area (Å²) in [6, 6.07) is 1.88. The van der Waals surface area contributed by atoms with E-state index in [4.69, 9.17) is 5.26 Å². The largest absolute Gasteiger partial charge is 0.853 e. The summed E-state index contributed by atoms with van der Waals surface area (Å²) in [5.41, 5.74) is -0.667. The van der Waals surface area contributed by atoms with Crippen LogP contribution in [0, 0.1) is 16.7 Å². The van der Waals surface area contributed by atoms with Gasteiger partial charge in [0, 0.05) is 5.41 Å². The molecule has 0 atom stereocenters. The second-order valence-electron chi connectivity index (χ2n) is 2.14. The van der Waals surface area contributed by atoms with Crippen molar-refractivity contribution < 1.29 is 5.11 Å². The summed E-state index contributed by atoms with van der Waals surface area (Å²) < 4.78 is 0. The molecule has 40 valence electrons. The fraction of sp³-hybridized carbons (Fsp3) is 0.800. The smallest absolute Gasteiger partial charge is 0.0669 e. The van der Waals surface area contributed by atoms with Crippen molar-refractivity contribution in [1.82, 2.24) is 0 Å². The lowest BCUT2D eigenvalue weighted by atomic mass is 9.98. The molecule has 0 aromatic carbocycles. The molecule has 2 nitrogen and oxygen atoms in total. The number of nitriles is 1. The number of hydrogen-bond donors (Lipinski definition) is 0. The Bertz CT molecular complexity index is 90.7. The van der Waals surface area contributed by atoms with E-state index >= 15 is 0 Å². The van der Waals surface area contributed by atoms with Crippen molar-refractivity contribution >= 4 is 0 Å². The van der Waals surface area contributed by atoms with Crippen LogP contribution in [0.4, 0.5) is 0 Å². The molecule has 0 fully saturated rings. The minimum Gasteiger partial charge on any atom is -0.853 e. The molecule has 0 aliphatic rings. The monoisotopic (exact) mass is 98.1 g/mol. The first-order valence-electron chi connectivity index (χ1n) is 2.12. The first kappa shape index (κ1) is 6.45. The lowest BCUT2D eigenvalue weighted by molar-refractivity contribution is -0.384. The topological polar surface area (TPSA) is 46.8 Å². The molecular weight excluding hydrogens is 90.1 g/mol. The molecule has 2 heteroatoms. The predicted octanol–water partition coefficient (Wildman–Crippen LogP) is -0.104. The Morgan fingerprint density at radius 2 is 2.14 bits per heavy atom. The number of rotatable bonds is 1. The summed E-state index contributed by atoms with van der Waals surface area (Å²) in [7, 11) is 0. The Morgan fingerprint density at radius 1 is 1.71 bits per heavy atom. The van der Waals surface area contributed by atoms with Gasteiger partial charge in [-0.3, -0.25) is 0 Å². The Labute approximate surface area is 43.4 Å². The van der Waals surface area contributed by atoms with Crippen LogP contribution in [0.5, 0.6) is 0 Å². The summed E-state index contributed by atoms with van der Waals surface area (Å²) in [6.45, 7) is 2.93. The Morgan fingerprint density at radius 3 is 2.14 bits per heavy atom. The van der Waals surface area contributed by atoms with Gasteiger partial charge in [-0.15, -0.1) is 6.61 Å². The highest BCUT2D eigenvalue weighted by Gasteiger charge is 2.07. The fourth-order valence-corrected chi connectivity index (χ4v) is 0.0323. The minimum atomic E-state index is -0.667. The Hall–Kier alpha value is -0.550. The third-order valence-electron chi connectivity index (χ3n) is 0.664. The van der Waals surface area contributed by atoms with Gasteiger partial charge in [-0.05, 0) is 13.8 Å². The minimum absolute atomic E-state index is 0.316. The van der Waals surface area contributed by atoms with Crippen LogP contribution in [0.15, 0.2) is 0 Å². The van der Waals surface area contributed by atoms with E-state index in [0.717, 1.165) is 0 Å². The maximum absolute atomic E-state index is 9.96. The lowest BCUT2D eigenvalue weighted by Crippen LogP contribution is -2.24. The maximum Gasteiger partial charge on any atom is 0.0669 e. The summed E-state index contributed by atoms with van der Waals surface area (Å²) in [6.07, 6.45) is 0. The van der Waals surface area contributed by atoms with E-state index in [-0.39, 0.29) is 6.61 Å². The van der Waals surface area contributed by atoms with E-state index < -0.39 is 5.41 Å². The van der Waals surface area contributed by atoms with E-state index in [9.17, 15) is 5.11 Å². The van der Waals surface area contributed by atoms with Crippen LogP contribution in [-0.4, -0.2) is 6.61 Å². The van der Waals surface area contributed by atoms with E-state index in [0.29, 0.717) is 0 Å². The van der Waals surface area contributed by atoms with Crippen LogP contribution in [0.25, 0.3) is 0 Å². The van der Waals surface area contributed by atoms with Gasteiger partial charge in [-0.1, -0.05) is 0 Å². The molecule has 0 spiro atoms. The van der Waals surface area contributed by atoms with E-state index in [1.807, 2.05) is 6.07 Å². The summed E-state index contributed by atoms with van der Waals surface area (Å²) in [4.78, 5) is 0. The summed E-state index contributed by atoms with van der Waals surface area (Å²) >= 11 is 0. The maximum atomic E-state index is 9.96. The summed E-state index contributed by atoms with van der Waals surface area (Å²) in [5.74, 6) is 0. The van der Waals surface area contributed by atoms with Gasteiger partial charge in [0.05, 0.1) is 6.07 Å². The molecule has 0 aliphatic heterocycles.